The van der Waals surface area contributed by atoms with Crippen molar-refractivity contribution < 1.29 is 9.13 Å². The van der Waals surface area contributed by atoms with Gasteiger partial charge in [0.2, 0.25) is 6.23 Å². The molecule has 27 heavy (non-hydrogen) atoms. The van der Waals surface area contributed by atoms with Gasteiger partial charge in [-0.1, -0.05) is 23.7 Å². The molecule has 0 saturated heterocycles. The van der Waals surface area contributed by atoms with Crippen molar-refractivity contribution in [2.24, 2.45) is 5.10 Å². The van der Waals surface area contributed by atoms with Crippen molar-refractivity contribution in [1.82, 2.24) is 9.99 Å². The number of aromatic nitrogens is 1. The van der Waals surface area contributed by atoms with Crippen molar-refractivity contribution in [3.63, 3.8) is 0 Å². The maximum atomic E-state index is 13.3. The standard InChI is InChI=1S/C21H15ClFN3O/c22-15-3-6-20-17(11-15)19-12-18(13-1-4-16(23)5-2-13)25-26(19)21(27-20)14-7-9-24-10-8-14/h1-11,19,21H,12H2/t19-,21-/m0/s1. The first-order valence-corrected chi connectivity index (χ1v) is 9.04. The Balaban J connectivity index is 1.60. The van der Waals surface area contributed by atoms with E-state index in [0.29, 0.717) is 11.4 Å². The van der Waals surface area contributed by atoms with Gasteiger partial charge in [-0.05, 0) is 48.0 Å². The summed E-state index contributed by atoms with van der Waals surface area (Å²) in [6.45, 7) is 0. The highest BCUT2D eigenvalue weighted by Crippen LogP contribution is 2.48. The number of pyridine rings is 1. The van der Waals surface area contributed by atoms with Crippen LogP contribution in [0.1, 0.15) is 35.4 Å². The second kappa shape index (κ2) is 6.35. The molecule has 2 aliphatic rings. The zero-order valence-corrected chi connectivity index (χ0v) is 15.0. The molecule has 2 atom stereocenters. The van der Waals surface area contributed by atoms with Gasteiger partial charge in [-0.25, -0.2) is 9.40 Å². The molecule has 134 valence electrons. The summed E-state index contributed by atoms with van der Waals surface area (Å²) in [7, 11) is 0. The number of rotatable bonds is 2. The molecule has 0 bridgehead atoms. The number of nitrogens with zero attached hydrogens (tertiary/aromatic N) is 3. The van der Waals surface area contributed by atoms with Gasteiger partial charge in [0, 0.05) is 35.0 Å². The molecule has 5 rings (SSSR count). The summed E-state index contributed by atoms with van der Waals surface area (Å²) >= 11 is 6.23. The Kier molecular flexibility index (Phi) is 3.83. The van der Waals surface area contributed by atoms with Crippen molar-refractivity contribution in [1.29, 1.82) is 0 Å². The zero-order chi connectivity index (χ0) is 18.4. The van der Waals surface area contributed by atoms with E-state index < -0.39 is 0 Å². The third kappa shape index (κ3) is 2.84. The van der Waals surface area contributed by atoms with Crippen LogP contribution in [0.25, 0.3) is 0 Å². The molecule has 3 heterocycles. The largest absolute Gasteiger partial charge is 0.464 e. The van der Waals surface area contributed by atoms with Gasteiger partial charge >= 0.3 is 0 Å². The van der Waals surface area contributed by atoms with Gasteiger partial charge in [0.05, 0.1) is 11.8 Å². The monoisotopic (exact) mass is 379 g/mol. The second-order valence-corrected chi connectivity index (χ2v) is 7.02. The van der Waals surface area contributed by atoms with Crippen LogP contribution in [0.2, 0.25) is 5.02 Å². The summed E-state index contributed by atoms with van der Waals surface area (Å²) in [5.74, 6) is 0.545. The minimum atomic E-state index is -0.357. The van der Waals surface area contributed by atoms with Crippen LogP contribution in [0, 0.1) is 5.82 Å². The third-order valence-corrected chi connectivity index (χ3v) is 5.16. The predicted molar refractivity (Wildman–Crippen MR) is 101 cm³/mol. The van der Waals surface area contributed by atoms with E-state index in [4.69, 9.17) is 21.4 Å². The van der Waals surface area contributed by atoms with Crippen LogP contribution in [0.15, 0.2) is 72.1 Å². The van der Waals surface area contributed by atoms with E-state index in [9.17, 15) is 4.39 Å². The number of hydrogen-bond acceptors (Lipinski definition) is 4. The lowest BCUT2D eigenvalue weighted by Crippen LogP contribution is -2.33. The summed E-state index contributed by atoms with van der Waals surface area (Å²) in [5.41, 5.74) is 3.78. The van der Waals surface area contributed by atoms with E-state index in [-0.39, 0.29) is 18.1 Å². The number of hydrazone groups is 1. The lowest BCUT2D eigenvalue weighted by atomic mass is 9.96. The van der Waals surface area contributed by atoms with Crippen LogP contribution in [-0.4, -0.2) is 15.7 Å². The predicted octanol–water partition coefficient (Wildman–Crippen LogP) is 5.12. The summed E-state index contributed by atoms with van der Waals surface area (Å²) in [6.07, 6.45) is 3.83. The van der Waals surface area contributed by atoms with E-state index in [1.54, 1.807) is 24.5 Å². The molecule has 0 fully saturated rings. The van der Waals surface area contributed by atoms with Crippen molar-refractivity contribution in [3.05, 3.63) is 94.5 Å². The molecule has 0 radical (unpaired) electrons. The topological polar surface area (TPSA) is 37.7 Å². The molecule has 0 spiro atoms. The Bertz CT molecular complexity index is 1020. The van der Waals surface area contributed by atoms with E-state index in [1.807, 2.05) is 35.3 Å². The van der Waals surface area contributed by atoms with Crippen molar-refractivity contribution in [2.45, 2.75) is 18.7 Å². The first-order valence-electron chi connectivity index (χ1n) is 8.67. The molecule has 0 saturated carbocycles. The highest BCUT2D eigenvalue weighted by atomic mass is 35.5. The van der Waals surface area contributed by atoms with Gasteiger partial charge < -0.3 is 4.74 Å². The molecule has 0 aliphatic carbocycles. The van der Waals surface area contributed by atoms with Gasteiger partial charge in [0.1, 0.15) is 11.6 Å². The Morgan fingerprint density at radius 2 is 1.81 bits per heavy atom. The average Bonchev–Trinajstić information content (AvgIpc) is 3.14. The summed E-state index contributed by atoms with van der Waals surface area (Å²) in [5, 5.41) is 7.46. The lowest BCUT2D eigenvalue weighted by molar-refractivity contribution is -0.0190. The first-order chi connectivity index (χ1) is 13.2. The molecule has 2 aromatic carbocycles. The fourth-order valence-electron chi connectivity index (χ4n) is 3.62. The fourth-order valence-corrected chi connectivity index (χ4v) is 3.80. The van der Waals surface area contributed by atoms with Gasteiger partial charge in [0.15, 0.2) is 0 Å². The summed E-state index contributed by atoms with van der Waals surface area (Å²) in [4.78, 5) is 4.09. The number of halogens is 2. The fraction of sp³-hybridized carbons (Fsp3) is 0.143. The van der Waals surface area contributed by atoms with Crippen LogP contribution in [0.4, 0.5) is 4.39 Å². The number of benzene rings is 2. The first kappa shape index (κ1) is 16.3. The van der Waals surface area contributed by atoms with Gasteiger partial charge in [-0.2, -0.15) is 5.10 Å². The molecule has 1 aromatic heterocycles. The van der Waals surface area contributed by atoms with Crippen molar-refractivity contribution >= 4 is 17.3 Å². The second-order valence-electron chi connectivity index (χ2n) is 6.59. The highest BCUT2D eigenvalue weighted by Gasteiger charge is 2.41. The number of fused-ring (bicyclic) bond motifs is 3. The normalized spacial score (nSPS) is 20.5. The van der Waals surface area contributed by atoms with Crippen LogP contribution >= 0.6 is 11.6 Å². The van der Waals surface area contributed by atoms with E-state index >= 15 is 0 Å². The van der Waals surface area contributed by atoms with Gasteiger partial charge in [-0.3, -0.25) is 4.98 Å². The third-order valence-electron chi connectivity index (χ3n) is 4.92. The molecular weight excluding hydrogens is 365 g/mol. The lowest BCUT2D eigenvalue weighted by Gasteiger charge is -2.38. The minimum absolute atomic E-state index is 0.00525. The molecular formula is C21H15ClFN3O. The molecule has 4 nitrogen and oxygen atoms in total. The van der Waals surface area contributed by atoms with Crippen LogP contribution in [0.5, 0.6) is 5.75 Å². The van der Waals surface area contributed by atoms with Crippen LogP contribution in [-0.2, 0) is 0 Å². The Morgan fingerprint density at radius 3 is 2.59 bits per heavy atom. The minimum Gasteiger partial charge on any atom is -0.464 e. The Labute approximate surface area is 160 Å². The van der Waals surface area contributed by atoms with E-state index in [2.05, 4.69) is 4.98 Å². The maximum absolute atomic E-state index is 13.3. The molecule has 0 N–H and O–H groups in total. The average molecular weight is 380 g/mol. The molecule has 3 aromatic rings. The number of ether oxygens (including phenoxy) is 1. The summed E-state index contributed by atoms with van der Waals surface area (Å²) in [6, 6.07) is 15.9. The van der Waals surface area contributed by atoms with Gasteiger partial charge in [0.25, 0.3) is 0 Å². The van der Waals surface area contributed by atoms with Gasteiger partial charge in [-0.15, -0.1) is 0 Å². The summed E-state index contributed by atoms with van der Waals surface area (Å²) < 4.78 is 19.6. The van der Waals surface area contributed by atoms with Crippen molar-refractivity contribution in [3.8, 4) is 5.75 Å². The molecule has 0 amide bonds. The van der Waals surface area contributed by atoms with Crippen molar-refractivity contribution in [2.75, 3.05) is 0 Å². The smallest absolute Gasteiger partial charge is 0.213 e. The highest BCUT2D eigenvalue weighted by molar-refractivity contribution is 6.30. The molecule has 0 unspecified atom stereocenters. The quantitative estimate of drug-likeness (QED) is 0.620. The maximum Gasteiger partial charge on any atom is 0.213 e. The van der Waals surface area contributed by atoms with E-state index in [0.717, 1.165) is 28.2 Å². The van der Waals surface area contributed by atoms with Crippen LogP contribution in [0.3, 0.4) is 0 Å². The SMILES string of the molecule is Fc1ccc(C2=NN3[C@@H](C2)c2cc(Cl)ccc2O[C@H]3c2ccncc2)cc1. The molecule has 2 aliphatic heterocycles. The molecule has 6 heteroatoms. The number of hydrogen-bond donors (Lipinski definition) is 0. The van der Waals surface area contributed by atoms with Crippen LogP contribution < -0.4 is 4.74 Å². The van der Waals surface area contributed by atoms with E-state index in [1.165, 1.54) is 12.1 Å². The Morgan fingerprint density at radius 1 is 1.04 bits per heavy atom. The Hall–Kier alpha value is -2.92. The zero-order valence-electron chi connectivity index (χ0n) is 14.2.